The molecule has 1 fully saturated rings. The van der Waals surface area contributed by atoms with E-state index in [0.29, 0.717) is 17.9 Å². The minimum absolute atomic E-state index is 0.328. The van der Waals surface area contributed by atoms with Gasteiger partial charge in [-0.15, -0.1) is 0 Å². The molecular weight excluding hydrogens is 236 g/mol. The van der Waals surface area contributed by atoms with Gasteiger partial charge in [-0.05, 0) is 30.9 Å². The molecule has 2 aliphatic rings. The number of benzene rings is 1. The Morgan fingerprint density at radius 3 is 3.00 bits per heavy atom. The van der Waals surface area contributed by atoms with Gasteiger partial charge in [-0.1, -0.05) is 31.5 Å². The Kier molecular flexibility index (Phi) is 2.47. The van der Waals surface area contributed by atoms with Crippen molar-refractivity contribution in [1.29, 1.82) is 0 Å². The zero-order chi connectivity index (χ0) is 13.0. The van der Waals surface area contributed by atoms with Crippen LogP contribution in [0, 0.1) is 11.8 Å². The number of hydrogen-bond donors (Lipinski definition) is 3. The van der Waals surface area contributed by atoms with Gasteiger partial charge in [-0.2, -0.15) is 0 Å². The van der Waals surface area contributed by atoms with Crippen LogP contribution in [0.25, 0.3) is 10.9 Å². The molecule has 4 rings (SSSR count). The second kappa shape index (κ2) is 4.09. The molecule has 1 aromatic carbocycles. The van der Waals surface area contributed by atoms with Crippen LogP contribution in [-0.4, -0.2) is 16.6 Å². The van der Waals surface area contributed by atoms with Gasteiger partial charge in [-0.25, -0.2) is 0 Å². The Labute approximate surface area is 113 Å². The molecule has 1 aliphatic carbocycles. The van der Waals surface area contributed by atoms with Crippen LogP contribution in [0.4, 0.5) is 0 Å². The van der Waals surface area contributed by atoms with E-state index in [1.54, 1.807) is 0 Å². The SMILES string of the molecule is CCC1C2NCCC1C(O)c1[nH]c3ccccc3c12. The van der Waals surface area contributed by atoms with Crippen LogP contribution in [0.15, 0.2) is 24.3 Å². The van der Waals surface area contributed by atoms with Crippen molar-refractivity contribution in [3.05, 3.63) is 35.5 Å². The number of piperidine rings is 1. The predicted octanol–water partition coefficient (Wildman–Crippen LogP) is 2.89. The summed E-state index contributed by atoms with van der Waals surface area (Å²) in [5.41, 5.74) is 3.51. The molecule has 100 valence electrons. The molecule has 1 saturated heterocycles. The van der Waals surface area contributed by atoms with Crippen LogP contribution >= 0.6 is 0 Å². The van der Waals surface area contributed by atoms with E-state index in [-0.39, 0.29) is 6.10 Å². The molecule has 19 heavy (non-hydrogen) atoms. The summed E-state index contributed by atoms with van der Waals surface area (Å²) in [6, 6.07) is 8.80. The van der Waals surface area contributed by atoms with Gasteiger partial charge in [0.15, 0.2) is 0 Å². The zero-order valence-corrected chi connectivity index (χ0v) is 11.2. The first-order chi connectivity index (χ1) is 9.31. The molecular formula is C16H20N2O. The average molecular weight is 256 g/mol. The molecule has 2 bridgehead atoms. The summed E-state index contributed by atoms with van der Waals surface area (Å²) in [5, 5.41) is 15.7. The highest BCUT2D eigenvalue weighted by molar-refractivity contribution is 5.85. The summed E-state index contributed by atoms with van der Waals surface area (Å²) in [5.74, 6) is 0.951. The van der Waals surface area contributed by atoms with E-state index in [2.05, 4.69) is 35.4 Å². The normalized spacial score (nSPS) is 33.4. The molecule has 3 N–H and O–H groups in total. The smallest absolute Gasteiger partial charge is 0.0973 e. The Morgan fingerprint density at radius 2 is 2.16 bits per heavy atom. The fourth-order valence-corrected chi connectivity index (χ4v) is 4.23. The van der Waals surface area contributed by atoms with Crippen LogP contribution in [0.2, 0.25) is 0 Å². The van der Waals surface area contributed by atoms with E-state index in [9.17, 15) is 5.11 Å². The van der Waals surface area contributed by atoms with Gasteiger partial charge in [0, 0.05) is 22.5 Å². The molecule has 0 radical (unpaired) electrons. The Bertz CT molecular complexity index is 618. The maximum Gasteiger partial charge on any atom is 0.0973 e. The lowest BCUT2D eigenvalue weighted by Gasteiger charge is -2.45. The monoisotopic (exact) mass is 256 g/mol. The number of aliphatic hydroxyl groups is 1. The standard InChI is InChI=1S/C16H20N2O/c1-2-9-10-7-8-17-14(9)13-11-5-3-4-6-12(11)18-15(13)16(10)19/h3-6,9-10,14,16-19H,2,7-8H2,1H3. The van der Waals surface area contributed by atoms with Crippen LogP contribution in [-0.2, 0) is 0 Å². The van der Waals surface area contributed by atoms with E-state index in [0.717, 1.165) is 30.6 Å². The van der Waals surface area contributed by atoms with Crippen molar-refractivity contribution in [2.45, 2.75) is 31.9 Å². The lowest BCUT2D eigenvalue weighted by atomic mass is 9.68. The van der Waals surface area contributed by atoms with Gasteiger partial charge in [0.1, 0.15) is 0 Å². The van der Waals surface area contributed by atoms with Crippen LogP contribution in [0.1, 0.15) is 43.2 Å². The molecule has 3 heteroatoms. The molecule has 0 spiro atoms. The molecule has 1 aromatic heterocycles. The Hall–Kier alpha value is -1.32. The number of para-hydroxylation sites is 1. The summed E-state index contributed by atoms with van der Waals surface area (Å²) < 4.78 is 0. The summed E-state index contributed by atoms with van der Waals surface area (Å²) in [4.78, 5) is 3.45. The third-order valence-electron chi connectivity index (χ3n) is 5.08. The average Bonchev–Trinajstić information content (AvgIpc) is 2.83. The van der Waals surface area contributed by atoms with Crippen molar-refractivity contribution >= 4 is 10.9 Å². The largest absolute Gasteiger partial charge is 0.387 e. The van der Waals surface area contributed by atoms with Gasteiger partial charge in [0.05, 0.1) is 11.8 Å². The summed E-state index contributed by atoms with van der Waals surface area (Å²) in [6.07, 6.45) is 1.87. The second-order valence-electron chi connectivity index (χ2n) is 5.90. The van der Waals surface area contributed by atoms with Crippen molar-refractivity contribution in [3.8, 4) is 0 Å². The predicted molar refractivity (Wildman–Crippen MR) is 75.9 cm³/mol. The van der Waals surface area contributed by atoms with Crippen molar-refractivity contribution in [2.75, 3.05) is 6.54 Å². The third kappa shape index (κ3) is 1.46. The maximum atomic E-state index is 10.7. The van der Waals surface area contributed by atoms with E-state index in [1.165, 1.54) is 10.9 Å². The van der Waals surface area contributed by atoms with Crippen LogP contribution < -0.4 is 5.32 Å². The number of hydrogen-bond acceptors (Lipinski definition) is 2. The minimum atomic E-state index is -0.328. The molecule has 2 heterocycles. The summed E-state index contributed by atoms with van der Waals surface area (Å²) >= 11 is 0. The van der Waals surface area contributed by atoms with Crippen molar-refractivity contribution in [2.24, 2.45) is 11.8 Å². The van der Waals surface area contributed by atoms with Gasteiger partial charge in [0.2, 0.25) is 0 Å². The molecule has 1 aliphatic heterocycles. The highest BCUT2D eigenvalue weighted by Gasteiger charge is 2.45. The number of aliphatic hydroxyl groups excluding tert-OH is 1. The fourth-order valence-electron chi connectivity index (χ4n) is 4.23. The Morgan fingerprint density at radius 1 is 1.32 bits per heavy atom. The van der Waals surface area contributed by atoms with E-state index in [4.69, 9.17) is 0 Å². The van der Waals surface area contributed by atoms with E-state index < -0.39 is 0 Å². The molecule has 4 atom stereocenters. The zero-order valence-electron chi connectivity index (χ0n) is 11.2. The quantitative estimate of drug-likeness (QED) is 0.734. The van der Waals surface area contributed by atoms with E-state index >= 15 is 0 Å². The molecule has 3 nitrogen and oxygen atoms in total. The molecule has 0 amide bonds. The highest BCUT2D eigenvalue weighted by atomic mass is 16.3. The van der Waals surface area contributed by atoms with Gasteiger partial charge in [-0.3, -0.25) is 0 Å². The number of rotatable bonds is 1. The number of nitrogens with one attached hydrogen (secondary N) is 2. The minimum Gasteiger partial charge on any atom is -0.387 e. The first-order valence-electron chi connectivity index (χ1n) is 7.33. The number of H-pyrrole nitrogens is 1. The lowest BCUT2D eigenvalue weighted by molar-refractivity contribution is 0.0134. The van der Waals surface area contributed by atoms with Crippen molar-refractivity contribution in [3.63, 3.8) is 0 Å². The lowest BCUT2D eigenvalue weighted by Crippen LogP contribution is -2.45. The van der Waals surface area contributed by atoms with Crippen LogP contribution in [0.5, 0.6) is 0 Å². The third-order valence-corrected chi connectivity index (χ3v) is 5.08. The van der Waals surface area contributed by atoms with Gasteiger partial charge in [0.25, 0.3) is 0 Å². The molecule has 0 saturated carbocycles. The summed E-state index contributed by atoms with van der Waals surface area (Å²) in [7, 11) is 0. The number of fused-ring (bicyclic) bond motifs is 6. The Balaban J connectivity index is 1.98. The van der Waals surface area contributed by atoms with Gasteiger partial charge >= 0.3 is 0 Å². The first kappa shape index (κ1) is 11.5. The van der Waals surface area contributed by atoms with Gasteiger partial charge < -0.3 is 15.4 Å². The number of aromatic nitrogens is 1. The van der Waals surface area contributed by atoms with Crippen molar-refractivity contribution in [1.82, 2.24) is 10.3 Å². The fraction of sp³-hybridized carbons (Fsp3) is 0.500. The summed E-state index contributed by atoms with van der Waals surface area (Å²) in [6.45, 7) is 3.26. The first-order valence-corrected chi connectivity index (χ1v) is 7.33. The number of aromatic amines is 1. The topological polar surface area (TPSA) is 48.0 Å². The molecule has 4 unspecified atom stereocenters. The maximum absolute atomic E-state index is 10.7. The highest BCUT2D eigenvalue weighted by Crippen LogP contribution is 2.50. The van der Waals surface area contributed by atoms with Crippen LogP contribution in [0.3, 0.4) is 0 Å². The second-order valence-corrected chi connectivity index (χ2v) is 5.90. The molecule has 2 aromatic rings. The van der Waals surface area contributed by atoms with Crippen molar-refractivity contribution < 1.29 is 5.11 Å². The van der Waals surface area contributed by atoms with E-state index in [1.807, 2.05) is 6.07 Å².